The van der Waals surface area contributed by atoms with Crippen LogP contribution in [0.4, 0.5) is 0 Å². The first-order chi connectivity index (χ1) is 7.54. The molecule has 1 rings (SSSR count). The van der Waals surface area contributed by atoms with Crippen molar-refractivity contribution in [3.05, 3.63) is 34.3 Å². The van der Waals surface area contributed by atoms with Gasteiger partial charge in [-0.3, -0.25) is 4.79 Å². The van der Waals surface area contributed by atoms with Crippen molar-refractivity contribution in [3.63, 3.8) is 0 Å². The van der Waals surface area contributed by atoms with Gasteiger partial charge in [0.2, 0.25) is 0 Å². The van der Waals surface area contributed by atoms with E-state index in [1.165, 1.54) is 7.11 Å². The Bertz CT molecular complexity index is 379. The molecule has 16 heavy (non-hydrogen) atoms. The second-order valence-corrected chi connectivity index (χ2v) is 4.13. The lowest BCUT2D eigenvalue weighted by atomic mass is 10.1. The molecule has 0 radical (unpaired) electrons. The van der Waals surface area contributed by atoms with Gasteiger partial charge in [0.1, 0.15) is 6.04 Å². The molecule has 0 saturated carbocycles. The Hall–Kier alpha value is -1.06. The molecule has 0 aliphatic carbocycles. The van der Waals surface area contributed by atoms with Crippen LogP contribution < -0.4 is 5.32 Å². The first-order valence-corrected chi connectivity index (χ1v) is 5.48. The fourth-order valence-electron chi connectivity index (χ4n) is 1.38. The smallest absolute Gasteiger partial charge is 0.322 e. The van der Waals surface area contributed by atoms with Crippen molar-refractivity contribution in [1.29, 1.82) is 0 Å². The molecule has 0 spiro atoms. The van der Waals surface area contributed by atoms with E-state index in [4.69, 9.17) is 11.6 Å². The van der Waals surface area contributed by atoms with Crippen molar-refractivity contribution in [2.45, 2.75) is 26.4 Å². The minimum atomic E-state index is -0.305. The highest BCUT2D eigenvalue weighted by molar-refractivity contribution is 6.30. The second-order valence-electron chi connectivity index (χ2n) is 3.70. The van der Waals surface area contributed by atoms with Crippen LogP contribution in [0.3, 0.4) is 0 Å². The van der Waals surface area contributed by atoms with E-state index in [1.54, 1.807) is 6.92 Å². The number of rotatable bonds is 4. The largest absolute Gasteiger partial charge is 0.468 e. The number of carbonyl (C=O) groups is 1. The van der Waals surface area contributed by atoms with Gasteiger partial charge in [0.15, 0.2) is 0 Å². The summed E-state index contributed by atoms with van der Waals surface area (Å²) in [6, 6.07) is 5.39. The van der Waals surface area contributed by atoms with E-state index in [9.17, 15) is 4.79 Å². The van der Waals surface area contributed by atoms with Gasteiger partial charge < -0.3 is 10.1 Å². The molecule has 0 fully saturated rings. The monoisotopic (exact) mass is 241 g/mol. The number of nitrogens with one attached hydrogen (secondary N) is 1. The number of aryl methyl sites for hydroxylation is 1. The summed E-state index contributed by atoms with van der Waals surface area (Å²) in [5, 5.41) is 3.82. The highest BCUT2D eigenvalue weighted by Crippen LogP contribution is 2.15. The van der Waals surface area contributed by atoms with Crippen molar-refractivity contribution in [3.8, 4) is 0 Å². The Morgan fingerprint density at radius 1 is 1.56 bits per heavy atom. The molecule has 4 heteroatoms. The maximum atomic E-state index is 11.2. The number of hydrogen-bond donors (Lipinski definition) is 1. The van der Waals surface area contributed by atoms with Crippen molar-refractivity contribution < 1.29 is 9.53 Å². The van der Waals surface area contributed by atoms with Gasteiger partial charge >= 0.3 is 5.97 Å². The summed E-state index contributed by atoms with van der Waals surface area (Å²) in [6.45, 7) is 4.39. The number of carbonyl (C=O) groups excluding carboxylic acids is 1. The van der Waals surface area contributed by atoms with E-state index < -0.39 is 0 Å². The summed E-state index contributed by atoms with van der Waals surface area (Å²) in [6.07, 6.45) is 0. The van der Waals surface area contributed by atoms with E-state index >= 15 is 0 Å². The van der Waals surface area contributed by atoms with E-state index in [-0.39, 0.29) is 12.0 Å². The summed E-state index contributed by atoms with van der Waals surface area (Å²) in [7, 11) is 1.38. The van der Waals surface area contributed by atoms with Crippen LogP contribution in [0.25, 0.3) is 0 Å². The van der Waals surface area contributed by atoms with Gasteiger partial charge in [-0.2, -0.15) is 0 Å². The molecule has 1 N–H and O–H groups in total. The zero-order valence-electron chi connectivity index (χ0n) is 9.71. The number of benzene rings is 1. The molecule has 0 aromatic heterocycles. The molecule has 1 unspecified atom stereocenters. The quantitative estimate of drug-likeness (QED) is 0.823. The molecule has 88 valence electrons. The van der Waals surface area contributed by atoms with E-state index in [0.29, 0.717) is 6.54 Å². The normalized spacial score (nSPS) is 12.2. The highest BCUT2D eigenvalue weighted by atomic mass is 35.5. The van der Waals surface area contributed by atoms with Gasteiger partial charge in [0, 0.05) is 11.6 Å². The third kappa shape index (κ3) is 3.51. The maximum Gasteiger partial charge on any atom is 0.322 e. The van der Waals surface area contributed by atoms with Gasteiger partial charge in [-0.25, -0.2) is 0 Å². The fraction of sp³-hybridized carbons (Fsp3) is 0.417. The number of hydrogen-bond acceptors (Lipinski definition) is 3. The molecule has 1 aromatic rings. The lowest BCUT2D eigenvalue weighted by Crippen LogP contribution is -2.34. The summed E-state index contributed by atoms with van der Waals surface area (Å²) >= 11 is 5.86. The topological polar surface area (TPSA) is 38.3 Å². The number of halogens is 1. The molecule has 1 aromatic carbocycles. The molecule has 0 aliphatic rings. The van der Waals surface area contributed by atoms with Crippen LogP contribution >= 0.6 is 11.6 Å². The first-order valence-electron chi connectivity index (χ1n) is 5.11. The van der Waals surface area contributed by atoms with Crippen molar-refractivity contribution >= 4 is 17.6 Å². The third-order valence-corrected chi connectivity index (χ3v) is 2.69. The van der Waals surface area contributed by atoms with Crippen molar-refractivity contribution in [2.75, 3.05) is 7.11 Å². The molecule has 0 bridgehead atoms. The summed E-state index contributed by atoms with van der Waals surface area (Å²) < 4.78 is 4.63. The van der Waals surface area contributed by atoms with Crippen LogP contribution in [0.2, 0.25) is 5.02 Å². The van der Waals surface area contributed by atoms with Crippen molar-refractivity contribution in [2.24, 2.45) is 0 Å². The van der Waals surface area contributed by atoms with Crippen LogP contribution in [0.5, 0.6) is 0 Å². The molecule has 0 heterocycles. The average Bonchev–Trinajstić information content (AvgIpc) is 2.26. The number of esters is 1. The Morgan fingerprint density at radius 3 is 2.81 bits per heavy atom. The highest BCUT2D eigenvalue weighted by Gasteiger charge is 2.12. The molecule has 1 atom stereocenters. The van der Waals surface area contributed by atoms with E-state index in [2.05, 4.69) is 10.1 Å². The predicted octanol–water partition coefficient (Wildman–Crippen LogP) is 2.30. The standard InChI is InChI=1S/C12H16ClNO2/c1-8-6-11(13)5-4-10(8)7-14-9(2)12(15)16-3/h4-6,9,14H,7H2,1-3H3. The maximum absolute atomic E-state index is 11.2. The first kappa shape index (κ1) is 13.0. The van der Waals surface area contributed by atoms with Crippen LogP contribution in [0.15, 0.2) is 18.2 Å². The SMILES string of the molecule is COC(=O)C(C)NCc1ccc(Cl)cc1C. The molecular formula is C12H16ClNO2. The average molecular weight is 242 g/mol. The Kier molecular flexibility index (Phi) is 4.77. The molecule has 0 amide bonds. The van der Waals surface area contributed by atoms with E-state index in [0.717, 1.165) is 16.1 Å². The number of methoxy groups -OCH3 is 1. The van der Waals surface area contributed by atoms with Crippen LogP contribution in [-0.2, 0) is 16.1 Å². The fourth-order valence-corrected chi connectivity index (χ4v) is 1.61. The zero-order chi connectivity index (χ0) is 12.1. The summed E-state index contributed by atoms with van der Waals surface area (Å²) in [4.78, 5) is 11.2. The van der Waals surface area contributed by atoms with Gasteiger partial charge in [0.25, 0.3) is 0 Å². The Balaban J connectivity index is 2.58. The molecular weight excluding hydrogens is 226 g/mol. The van der Waals surface area contributed by atoms with Gasteiger partial charge in [-0.15, -0.1) is 0 Å². The van der Waals surface area contributed by atoms with Gasteiger partial charge in [-0.05, 0) is 37.1 Å². The van der Waals surface area contributed by atoms with Crippen molar-refractivity contribution in [1.82, 2.24) is 5.32 Å². The van der Waals surface area contributed by atoms with E-state index in [1.807, 2.05) is 25.1 Å². The van der Waals surface area contributed by atoms with Crippen LogP contribution in [-0.4, -0.2) is 19.1 Å². The molecule has 0 saturated heterocycles. The Morgan fingerprint density at radius 2 is 2.25 bits per heavy atom. The third-order valence-electron chi connectivity index (χ3n) is 2.46. The second kappa shape index (κ2) is 5.87. The zero-order valence-corrected chi connectivity index (χ0v) is 10.5. The molecule has 3 nitrogen and oxygen atoms in total. The lowest BCUT2D eigenvalue weighted by Gasteiger charge is -2.12. The van der Waals surface area contributed by atoms with Gasteiger partial charge in [0.05, 0.1) is 7.11 Å². The summed E-state index contributed by atoms with van der Waals surface area (Å²) in [5.41, 5.74) is 2.23. The van der Waals surface area contributed by atoms with Crippen LogP contribution in [0, 0.1) is 6.92 Å². The summed E-state index contributed by atoms with van der Waals surface area (Å²) in [5.74, 6) is -0.258. The molecule has 0 aliphatic heterocycles. The van der Waals surface area contributed by atoms with Gasteiger partial charge in [-0.1, -0.05) is 17.7 Å². The van der Waals surface area contributed by atoms with Crippen LogP contribution in [0.1, 0.15) is 18.1 Å². The minimum Gasteiger partial charge on any atom is -0.468 e. The Labute approximate surface area is 101 Å². The predicted molar refractivity (Wildman–Crippen MR) is 64.5 cm³/mol. The minimum absolute atomic E-state index is 0.258. The lowest BCUT2D eigenvalue weighted by molar-refractivity contribution is -0.142. The number of ether oxygens (including phenoxy) is 1.